The third-order valence-electron chi connectivity index (χ3n) is 4.53. The van der Waals surface area contributed by atoms with Gasteiger partial charge in [-0.3, -0.25) is 0 Å². The van der Waals surface area contributed by atoms with Crippen molar-refractivity contribution in [3.63, 3.8) is 0 Å². The van der Waals surface area contributed by atoms with Crippen LogP contribution in [-0.2, 0) is 39.8 Å². The van der Waals surface area contributed by atoms with E-state index in [1.165, 1.54) is 0 Å². The first-order valence-electron chi connectivity index (χ1n) is 9.74. The van der Waals surface area contributed by atoms with Crippen LogP contribution in [0.15, 0.2) is 30.3 Å². The summed E-state index contributed by atoms with van der Waals surface area (Å²) in [5.41, 5.74) is 0.968. The maximum atomic E-state index is 11.0. The molecular weight excluding hydrogens is 380 g/mol. The Morgan fingerprint density at radius 3 is 2.34 bits per heavy atom. The molecule has 0 bridgehead atoms. The molecule has 0 saturated carbocycles. The normalized spacial score (nSPS) is 27.3. The van der Waals surface area contributed by atoms with Gasteiger partial charge in [-0.1, -0.05) is 44.2 Å². The van der Waals surface area contributed by atoms with E-state index in [-0.39, 0.29) is 6.61 Å². The standard InChI is InChI=1S/C21H32O8/c1-14(2)10-26-12-16-18(24-3)19(25-4)20(21(29-16)28-13-17(22)23)27-11-15-8-6-5-7-9-15/h5-9,14,16,18-21H,10-13H2,1-4H3,(H,22,23)/t16-,18-,19+,20+,21-/m1/s1. The minimum absolute atomic E-state index is 0.273. The zero-order valence-electron chi connectivity index (χ0n) is 17.5. The lowest BCUT2D eigenvalue weighted by atomic mass is 9.98. The van der Waals surface area contributed by atoms with Gasteiger partial charge in [0.05, 0.1) is 13.2 Å². The lowest BCUT2D eigenvalue weighted by Gasteiger charge is -2.44. The number of rotatable bonds is 12. The summed E-state index contributed by atoms with van der Waals surface area (Å²) in [6.07, 6.45) is -3.08. The lowest BCUT2D eigenvalue weighted by Crippen LogP contribution is -2.61. The quantitative estimate of drug-likeness (QED) is 0.558. The maximum Gasteiger partial charge on any atom is 0.329 e. The number of aliphatic carboxylic acids is 1. The van der Waals surface area contributed by atoms with Crippen molar-refractivity contribution in [1.29, 1.82) is 0 Å². The van der Waals surface area contributed by atoms with Crippen LogP contribution in [0.3, 0.4) is 0 Å². The molecule has 1 N–H and O–H groups in total. The molecule has 0 aromatic heterocycles. The topological polar surface area (TPSA) is 92.7 Å². The summed E-state index contributed by atoms with van der Waals surface area (Å²) in [5.74, 6) is -0.718. The summed E-state index contributed by atoms with van der Waals surface area (Å²) >= 11 is 0. The minimum atomic E-state index is -1.09. The van der Waals surface area contributed by atoms with E-state index in [1.54, 1.807) is 14.2 Å². The highest BCUT2D eigenvalue weighted by molar-refractivity contribution is 5.68. The zero-order valence-corrected chi connectivity index (χ0v) is 17.5. The van der Waals surface area contributed by atoms with E-state index in [4.69, 9.17) is 33.5 Å². The Balaban J connectivity index is 2.14. The molecule has 5 atom stereocenters. The van der Waals surface area contributed by atoms with E-state index in [0.29, 0.717) is 19.1 Å². The summed E-state index contributed by atoms with van der Waals surface area (Å²) < 4.78 is 34.6. The third kappa shape index (κ3) is 7.33. The molecule has 0 unspecified atom stereocenters. The van der Waals surface area contributed by atoms with Crippen molar-refractivity contribution in [3.05, 3.63) is 35.9 Å². The lowest BCUT2D eigenvalue weighted by molar-refractivity contribution is -0.318. The Hall–Kier alpha value is -1.55. The fourth-order valence-electron chi connectivity index (χ4n) is 3.22. The molecule has 29 heavy (non-hydrogen) atoms. The van der Waals surface area contributed by atoms with Gasteiger partial charge in [-0.2, -0.15) is 0 Å². The Morgan fingerprint density at radius 1 is 1.07 bits per heavy atom. The van der Waals surface area contributed by atoms with Crippen LogP contribution < -0.4 is 0 Å². The molecule has 8 heteroatoms. The van der Waals surface area contributed by atoms with Crippen LogP contribution >= 0.6 is 0 Å². The summed E-state index contributed by atoms with van der Waals surface area (Å²) in [4.78, 5) is 11.0. The van der Waals surface area contributed by atoms with Crippen molar-refractivity contribution >= 4 is 5.97 Å². The highest BCUT2D eigenvalue weighted by Gasteiger charge is 2.48. The number of hydrogen-bond donors (Lipinski definition) is 1. The molecule has 1 aromatic carbocycles. The number of carboxylic acids is 1. The first kappa shape index (κ1) is 23.7. The average Bonchev–Trinajstić information content (AvgIpc) is 2.70. The molecule has 1 saturated heterocycles. The van der Waals surface area contributed by atoms with Gasteiger partial charge in [0.25, 0.3) is 0 Å². The monoisotopic (exact) mass is 412 g/mol. The third-order valence-corrected chi connectivity index (χ3v) is 4.53. The van der Waals surface area contributed by atoms with Gasteiger partial charge < -0.3 is 33.5 Å². The first-order valence-corrected chi connectivity index (χ1v) is 9.74. The Morgan fingerprint density at radius 2 is 1.76 bits per heavy atom. The van der Waals surface area contributed by atoms with Gasteiger partial charge in [-0.15, -0.1) is 0 Å². The highest BCUT2D eigenvalue weighted by Crippen LogP contribution is 2.29. The summed E-state index contributed by atoms with van der Waals surface area (Å²) in [6, 6.07) is 9.64. The van der Waals surface area contributed by atoms with Crippen LogP contribution in [0.1, 0.15) is 19.4 Å². The van der Waals surface area contributed by atoms with Crippen LogP contribution in [-0.4, -0.2) is 75.8 Å². The van der Waals surface area contributed by atoms with Gasteiger partial charge in [0.15, 0.2) is 6.29 Å². The molecule has 0 amide bonds. The van der Waals surface area contributed by atoms with Crippen LogP contribution in [0.25, 0.3) is 0 Å². The molecule has 0 radical (unpaired) electrons. The number of methoxy groups -OCH3 is 2. The SMILES string of the molecule is CO[C@@H]1[C@H](OCc2ccccc2)[C@H](OCC(=O)O)O[C@H](COCC(C)C)[C@H]1OC. The van der Waals surface area contributed by atoms with E-state index in [9.17, 15) is 4.79 Å². The van der Waals surface area contributed by atoms with Gasteiger partial charge in [-0.05, 0) is 11.5 Å². The van der Waals surface area contributed by atoms with Gasteiger partial charge in [0, 0.05) is 20.8 Å². The van der Waals surface area contributed by atoms with Crippen molar-refractivity contribution in [2.45, 2.75) is 51.2 Å². The molecular formula is C21H32O8. The summed E-state index contributed by atoms with van der Waals surface area (Å²) in [7, 11) is 3.13. The predicted octanol–water partition coefficient (Wildman–Crippen LogP) is 2.10. The second-order valence-electron chi connectivity index (χ2n) is 7.34. The molecule has 0 spiro atoms. The maximum absolute atomic E-state index is 11.0. The van der Waals surface area contributed by atoms with Gasteiger partial charge in [0.2, 0.25) is 0 Å². The second-order valence-corrected chi connectivity index (χ2v) is 7.34. The predicted molar refractivity (Wildman–Crippen MR) is 105 cm³/mol. The highest BCUT2D eigenvalue weighted by atomic mass is 16.7. The molecule has 1 fully saturated rings. The van der Waals surface area contributed by atoms with Crippen molar-refractivity contribution in [3.8, 4) is 0 Å². The first-order chi connectivity index (χ1) is 14.0. The van der Waals surface area contributed by atoms with Crippen molar-refractivity contribution < 1.29 is 38.3 Å². The van der Waals surface area contributed by atoms with E-state index in [1.807, 2.05) is 30.3 Å². The van der Waals surface area contributed by atoms with Crippen molar-refractivity contribution in [2.24, 2.45) is 5.92 Å². The minimum Gasteiger partial charge on any atom is -0.480 e. The Labute approximate surface area is 172 Å². The largest absolute Gasteiger partial charge is 0.480 e. The number of benzene rings is 1. The number of carboxylic acid groups (broad SMARTS) is 1. The van der Waals surface area contributed by atoms with Crippen LogP contribution in [0.4, 0.5) is 0 Å². The van der Waals surface area contributed by atoms with Gasteiger partial charge in [0.1, 0.15) is 31.0 Å². The van der Waals surface area contributed by atoms with Crippen molar-refractivity contribution in [1.82, 2.24) is 0 Å². The van der Waals surface area contributed by atoms with E-state index in [2.05, 4.69) is 13.8 Å². The Kier molecular flexibility index (Phi) is 9.99. The van der Waals surface area contributed by atoms with Crippen LogP contribution in [0.2, 0.25) is 0 Å². The summed E-state index contributed by atoms with van der Waals surface area (Å²) in [5, 5.41) is 9.03. The fraction of sp³-hybridized carbons (Fsp3) is 0.667. The number of hydrogen-bond acceptors (Lipinski definition) is 7. The number of ether oxygens (including phenoxy) is 6. The van der Waals surface area contributed by atoms with E-state index >= 15 is 0 Å². The molecule has 2 rings (SSSR count). The summed E-state index contributed by atoms with van der Waals surface area (Å²) in [6.45, 7) is 4.74. The van der Waals surface area contributed by atoms with Crippen LogP contribution in [0.5, 0.6) is 0 Å². The fourth-order valence-corrected chi connectivity index (χ4v) is 3.22. The smallest absolute Gasteiger partial charge is 0.329 e. The van der Waals surface area contributed by atoms with Gasteiger partial charge in [-0.25, -0.2) is 4.79 Å². The zero-order chi connectivity index (χ0) is 21.2. The molecule has 1 aromatic rings. The van der Waals surface area contributed by atoms with E-state index in [0.717, 1.165) is 5.56 Å². The van der Waals surface area contributed by atoms with E-state index < -0.39 is 43.3 Å². The van der Waals surface area contributed by atoms with Crippen LogP contribution in [0, 0.1) is 5.92 Å². The van der Waals surface area contributed by atoms with Gasteiger partial charge >= 0.3 is 5.97 Å². The second kappa shape index (κ2) is 12.2. The Bertz CT molecular complexity index is 594. The average molecular weight is 412 g/mol. The van der Waals surface area contributed by atoms with Crippen molar-refractivity contribution in [2.75, 3.05) is 34.0 Å². The number of carbonyl (C=O) groups is 1. The molecule has 1 aliphatic heterocycles. The molecule has 1 heterocycles. The molecule has 0 aliphatic carbocycles. The molecule has 1 aliphatic rings. The molecule has 164 valence electrons. The molecule has 8 nitrogen and oxygen atoms in total.